The van der Waals surface area contributed by atoms with Gasteiger partial charge in [-0.05, 0) is 26.2 Å². The Bertz CT molecular complexity index is 350. The van der Waals surface area contributed by atoms with Crippen LogP contribution in [0.1, 0.15) is 32.0 Å². The van der Waals surface area contributed by atoms with Gasteiger partial charge in [-0.2, -0.15) is 0 Å². The van der Waals surface area contributed by atoms with Gasteiger partial charge in [0.2, 0.25) is 0 Å². The molecule has 18 heavy (non-hydrogen) atoms. The standard InChI is InChI=1S/C12H20ClN3O2/c1-2-18-9-12-15-10(13)8-11(16-12)14-6-4-3-5-7-17/h8,17H,2-7,9H2,1H3,(H,14,15,16). The molecule has 0 saturated heterocycles. The second-order valence-corrected chi connectivity index (χ2v) is 4.23. The van der Waals surface area contributed by atoms with Gasteiger partial charge in [0, 0.05) is 25.8 Å². The van der Waals surface area contributed by atoms with Crippen LogP contribution in [-0.4, -0.2) is 34.8 Å². The molecule has 0 saturated carbocycles. The molecular weight excluding hydrogens is 254 g/mol. The van der Waals surface area contributed by atoms with Crippen molar-refractivity contribution < 1.29 is 9.84 Å². The minimum absolute atomic E-state index is 0.248. The van der Waals surface area contributed by atoms with Gasteiger partial charge in [-0.25, -0.2) is 9.97 Å². The van der Waals surface area contributed by atoms with Crippen molar-refractivity contribution in [3.63, 3.8) is 0 Å². The van der Waals surface area contributed by atoms with Crippen molar-refractivity contribution in [2.45, 2.75) is 32.8 Å². The fraction of sp³-hybridized carbons (Fsp3) is 0.667. The molecule has 2 N–H and O–H groups in total. The third-order valence-corrected chi connectivity index (χ3v) is 2.51. The van der Waals surface area contributed by atoms with E-state index in [4.69, 9.17) is 21.4 Å². The van der Waals surface area contributed by atoms with Crippen molar-refractivity contribution in [3.05, 3.63) is 17.0 Å². The highest BCUT2D eigenvalue weighted by Gasteiger charge is 2.03. The Kier molecular flexibility index (Phi) is 7.64. The smallest absolute Gasteiger partial charge is 0.158 e. The second kappa shape index (κ2) is 9.08. The van der Waals surface area contributed by atoms with Gasteiger partial charge in [0.25, 0.3) is 0 Å². The van der Waals surface area contributed by atoms with Crippen molar-refractivity contribution in [2.75, 3.05) is 25.1 Å². The Labute approximate surface area is 113 Å². The first-order valence-electron chi connectivity index (χ1n) is 6.22. The Hall–Kier alpha value is -0.910. The van der Waals surface area contributed by atoms with Crippen molar-refractivity contribution in [3.8, 4) is 0 Å². The lowest BCUT2D eigenvalue weighted by Gasteiger charge is -2.07. The second-order valence-electron chi connectivity index (χ2n) is 3.84. The zero-order chi connectivity index (χ0) is 13.2. The van der Waals surface area contributed by atoms with Crippen LogP contribution in [0.5, 0.6) is 0 Å². The van der Waals surface area contributed by atoms with E-state index in [9.17, 15) is 0 Å². The maximum Gasteiger partial charge on any atom is 0.158 e. The summed E-state index contributed by atoms with van der Waals surface area (Å²) in [6.45, 7) is 3.97. The summed E-state index contributed by atoms with van der Waals surface area (Å²) >= 11 is 5.91. The van der Waals surface area contributed by atoms with Crippen LogP contribution in [0, 0.1) is 0 Å². The van der Waals surface area contributed by atoms with E-state index >= 15 is 0 Å². The van der Waals surface area contributed by atoms with Crippen LogP contribution in [0.25, 0.3) is 0 Å². The molecule has 1 aromatic heterocycles. The predicted octanol–water partition coefficient (Wildman–Crippen LogP) is 2.24. The summed E-state index contributed by atoms with van der Waals surface area (Å²) in [6.07, 6.45) is 2.82. The van der Waals surface area contributed by atoms with Gasteiger partial charge < -0.3 is 15.2 Å². The van der Waals surface area contributed by atoms with E-state index in [0.717, 1.165) is 25.8 Å². The van der Waals surface area contributed by atoms with Crippen LogP contribution < -0.4 is 5.32 Å². The molecule has 0 radical (unpaired) electrons. The number of anilines is 1. The Morgan fingerprint density at radius 3 is 2.89 bits per heavy atom. The largest absolute Gasteiger partial charge is 0.396 e. The van der Waals surface area contributed by atoms with Crippen molar-refractivity contribution >= 4 is 17.4 Å². The number of halogens is 1. The first-order chi connectivity index (χ1) is 8.76. The summed E-state index contributed by atoms with van der Waals surface area (Å²) in [6, 6.07) is 1.70. The number of rotatable bonds is 9. The summed E-state index contributed by atoms with van der Waals surface area (Å²) < 4.78 is 5.25. The third-order valence-electron chi connectivity index (χ3n) is 2.32. The van der Waals surface area contributed by atoms with Gasteiger partial charge in [0.05, 0.1) is 0 Å². The number of nitrogens with one attached hydrogen (secondary N) is 1. The van der Waals surface area contributed by atoms with E-state index in [0.29, 0.717) is 30.0 Å². The molecular formula is C12H20ClN3O2. The summed E-state index contributed by atoms with van der Waals surface area (Å²) in [5.74, 6) is 1.30. The Morgan fingerprint density at radius 1 is 1.33 bits per heavy atom. The molecule has 1 heterocycles. The first kappa shape index (κ1) is 15.1. The third kappa shape index (κ3) is 6.14. The Morgan fingerprint density at radius 2 is 2.17 bits per heavy atom. The molecule has 6 heteroatoms. The number of hydrogen-bond donors (Lipinski definition) is 2. The Balaban J connectivity index is 2.41. The van der Waals surface area contributed by atoms with Gasteiger partial charge >= 0.3 is 0 Å². The topological polar surface area (TPSA) is 67.3 Å². The number of hydrogen-bond acceptors (Lipinski definition) is 5. The number of aromatic nitrogens is 2. The van der Waals surface area contributed by atoms with Gasteiger partial charge in [-0.15, -0.1) is 0 Å². The fourth-order valence-electron chi connectivity index (χ4n) is 1.44. The summed E-state index contributed by atoms with van der Waals surface area (Å²) in [7, 11) is 0. The van der Waals surface area contributed by atoms with Gasteiger partial charge in [-0.1, -0.05) is 11.6 Å². The lowest BCUT2D eigenvalue weighted by atomic mass is 10.2. The van der Waals surface area contributed by atoms with E-state index in [1.165, 1.54) is 0 Å². The summed E-state index contributed by atoms with van der Waals surface area (Å²) in [5.41, 5.74) is 0. The minimum atomic E-state index is 0.248. The van der Waals surface area contributed by atoms with Crippen LogP contribution in [-0.2, 0) is 11.3 Å². The quantitative estimate of drug-likeness (QED) is 0.533. The maximum absolute atomic E-state index is 8.67. The number of nitrogens with zero attached hydrogens (tertiary/aromatic N) is 2. The monoisotopic (exact) mass is 273 g/mol. The zero-order valence-corrected chi connectivity index (χ0v) is 11.4. The molecule has 0 atom stereocenters. The molecule has 0 spiro atoms. The van der Waals surface area contributed by atoms with E-state index in [-0.39, 0.29) is 6.61 Å². The molecule has 0 aliphatic carbocycles. The molecule has 102 valence electrons. The highest BCUT2D eigenvalue weighted by atomic mass is 35.5. The van der Waals surface area contributed by atoms with Crippen molar-refractivity contribution in [1.29, 1.82) is 0 Å². The molecule has 1 rings (SSSR count). The molecule has 1 aromatic rings. The normalized spacial score (nSPS) is 10.6. The van der Waals surface area contributed by atoms with Gasteiger partial charge in [0.1, 0.15) is 17.6 Å². The van der Waals surface area contributed by atoms with Crippen molar-refractivity contribution in [1.82, 2.24) is 9.97 Å². The maximum atomic E-state index is 8.67. The lowest BCUT2D eigenvalue weighted by Crippen LogP contribution is -2.07. The molecule has 0 aromatic carbocycles. The molecule has 0 bridgehead atoms. The van der Waals surface area contributed by atoms with Crippen LogP contribution >= 0.6 is 11.6 Å². The van der Waals surface area contributed by atoms with Gasteiger partial charge in [-0.3, -0.25) is 0 Å². The zero-order valence-electron chi connectivity index (χ0n) is 10.7. The van der Waals surface area contributed by atoms with E-state index < -0.39 is 0 Å². The molecule has 0 aliphatic heterocycles. The summed E-state index contributed by atoms with van der Waals surface area (Å²) in [5, 5.41) is 12.3. The van der Waals surface area contributed by atoms with Crippen LogP contribution in [0.3, 0.4) is 0 Å². The molecule has 5 nitrogen and oxygen atoms in total. The highest BCUT2D eigenvalue weighted by molar-refractivity contribution is 6.29. The number of aliphatic hydroxyl groups excluding tert-OH is 1. The van der Waals surface area contributed by atoms with E-state index in [2.05, 4.69) is 15.3 Å². The average Bonchev–Trinajstić information content (AvgIpc) is 2.35. The SMILES string of the molecule is CCOCc1nc(Cl)cc(NCCCCCO)n1. The first-order valence-corrected chi connectivity index (χ1v) is 6.60. The average molecular weight is 274 g/mol. The van der Waals surface area contributed by atoms with Gasteiger partial charge in [0.15, 0.2) is 5.82 Å². The van der Waals surface area contributed by atoms with Crippen molar-refractivity contribution in [2.24, 2.45) is 0 Å². The van der Waals surface area contributed by atoms with Crippen LogP contribution in [0.4, 0.5) is 5.82 Å². The van der Waals surface area contributed by atoms with Crippen LogP contribution in [0.2, 0.25) is 5.15 Å². The summed E-state index contributed by atoms with van der Waals surface area (Å²) in [4.78, 5) is 8.39. The molecule has 0 aliphatic rings. The fourth-order valence-corrected chi connectivity index (χ4v) is 1.64. The minimum Gasteiger partial charge on any atom is -0.396 e. The lowest BCUT2D eigenvalue weighted by molar-refractivity contribution is 0.128. The predicted molar refractivity (Wildman–Crippen MR) is 71.8 cm³/mol. The number of ether oxygens (including phenoxy) is 1. The number of unbranched alkanes of at least 4 members (excludes halogenated alkanes) is 2. The van der Waals surface area contributed by atoms with E-state index in [1.54, 1.807) is 6.07 Å². The molecule has 0 unspecified atom stereocenters. The molecule has 0 amide bonds. The highest BCUT2D eigenvalue weighted by Crippen LogP contribution is 2.12. The molecule has 0 fully saturated rings. The van der Waals surface area contributed by atoms with E-state index in [1.807, 2.05) is 6.92 Å². The van der Waals surface area contributed by atoms with Crippen LogP contribution in [0.15, 0.2) is 6.07 Å². The number of aliphatic hydroxyl groups is 1.